The van der Waals surface area contributed by atoms with Crippen molar-refractivity contribution in [3.8, 4) is 0 Å². The Morgan fingerprint density at radius 2 is 0.478 bits per heavy atom. The van der Waals surface area contributed by atoms with Gasteiger partial charge in [-0.2, -0.15) is 0 Å². The van der Waals surface area contributed by atoms with Crippen molar-refractivity contribution in [3.05, 3.63) is 207 Å². The molecule has 0 atom stereocenters. The number of hydrogen-bond acceptors (Lipinski definition) is 0. The summed E-state index contributed by atoms with van der Waals surface area (Å²) >= 11 is 8.67. The third kappa shape index (κ3) is 6.05. The van der Waals surface area contributed by atoms with Gasteiger partial charge < -0.3 is 0 Å². The summed E-state index contributed by atoms with van der Waals surface area (Å²) in [6.45, 7) is 8.14. The second kappa shape index (κ2) is 14.6. The van der Waals surface area contributed by atoms with Crippen LogP contribution in [0, 0.1) is 0 Å². The maximum absolute atomic E-state index is 4.34. The van der Waals surface area contributed by atoms with Gasteiger partial charge in [-0.25, -0.2) is 0 Å². The maximum atomic E-state index is 4.34. The van der Waals surface area contributed by atoms with Gasteiger partial charge in [0.2, 0.25) is 0 Å². The van der Waals surface area contributed by atoms with Crippen molar-refractivity contribution in [3.63, 3.8) is 0 Å². The summed E-state index contributed by atoms with van der Waals surface area (Å²) < 4.78 is 0. The molecule has 0 N–H and O–H groups in total. The van der Waals surface area contributed by atoms with E-state index in [1.807, 2.05) is 12.2 Å². The van der Waals surface area contributed by atoms with Gasteiger partial charge in [0.05, 0.1) is 0 Å². The first-order valence-corrected chi connectivity index (χ1v) is 24.3. The Morgan fingerprint density at radius 1 is 0.326 bits per heavy atom. The van der Waals surface area contributed by atoms with E-state index in [0.717, 1.165) is 12.3 Å². The van der Waals surface area contributed by atoms with Gasteiger partial charge >= 0.3 is 293 Å². The van der Waals surface area contributed by atoms with E-state index in [1.54, 1.807) is 0 Å². The van der Waals surface area contributed by atoms with Crippen molar-refractivity contribution in [2.75, 3.05) is 12.3 Å². The molecule has 0 spiro atoms. The fourth-order valence-electron chi connectivity index (χ4n) is 6.44. The van der Waals surface area contributed by atoms with Crippen LogP contribution < -0.4 is 31.8 Å². The first kappa shape index (κ1) is 34.0. The van der Waals surface area contributed by atoms with Crippen LogP contribution in [0.15, 0.2) is 207 Å². The topological polar surface area (TPSA) is 0 Å². The van der Waals surface area contributed by atoms with Crippen LogP contribution in [0.1, 0.15) is 0 Å². The summed E-state index contributed by atoms with van der Waals surface area (Å²) in [4.78, 5) is 0. The monoisotopic (exact) mass is 764 g/mol. The van der Waals surface area contributed by atoms with E-state index in [4.69, 9.17) is 0 Å². The predicted molar refractivity (Wildman–Crippen MR) is 218 cm³/mol. The summed E-state index contributed by atoms with van der Waals surface area (Å²) in [5.74, 6) is 0. The second-order valence-electron chi connectivity index (χ2n) is 11.3. The van der Waals surface area contributed by atoms with E-state index in [1.165, 1.54) is 31.8 Å². The van der Waals surface area contributed by atoms with Gasteiger partial charge in [0.25, 0.3) is 0 Å². The van der Waals surface area contributed by atoms with Gasteiger partial charge in [0.1, 0.15) is 0 Å². The molecule has 232 valence electrons. The quantitative estimate of drug-likeness (QED) is 0.0963. The Bertz CT molecular complexity index is 1510. The number of rotatable bonds is 10. The number of allylic oxidation sites excluding steroid dienone is 2. The minimum absolute atomic E-state index is 0.879. The molecule has 0 unspecified atom stereocenters. The number of benzene rings is 6. The first-order valence-electron chi connectivity index (χ1n) is 15.4. The molecule has 0 nitrogen and oxygen atoms in total. The van der Waals surface area contributed by atoms with Gasteiger partial charge in [0, 0.05) is 0 Å². The van der Waals surface area contributed by atoms with Crippen molar-refractivity contribution in [1.82, 2.24) is 0 Å². The number of halogens is 2. The van der Waals surface area contributed by atoms with E-state index >= 15 is 0 Å². The SMILES string of the molecule is C=CCP(Br)(c1ccccc1)(c1ccccc1)c1ccccc1.C=CCP(Br)(c1ccccc1)(c1ccccc1)c1ccccc1. The third-order valence-electron chi connectivity index (χ3n) is 8.71. The molecule has 46 heavy (non-hydrogen) atoms. The van der Waals surface area contributed by atoms with Crippen molar-refractivity contribution < 1.29 is 0 Å². The molecule has 0 aliphatic carbocycles. The van der Waals surface area contributed by atoms with E-state index in [9.17, 15) is 0 Å². The van der Waals surface area contributed by atoms with Gasteiger partial charge in [-0.1, -0.05) is 0 Å². The zero-order chi connectivity index (χ0) is 32.4. The average molecular weight is 767 g/mol. The predicted octanol–water partition coefficient (Wildman–Crippen LogP) is 10.0. The molecule has 6 rings (SSSR count). The standard InChI is InChI=1S/2C21H20BrP/c2*1-2-18-23(22,19-12-6-3-7-13-19,20-14-8-4-9-15-20)21-16-10-5-11-17-21/h2*2-17H,1,18H2. The van der Waals surface area contributed by atoms with Crippen molar-refractivity contribution >= 4 is 73.4 Å². The van der Waals surface area contributed by atoms with Crippen LogP contribution >= 0.6 is 41.6 Å². The third-order valence-corrected chi connectivity index (χ3v) is 28.0. The Labute approximate surface area is 291 Å². The summed E-state index contributed by atoms with van der Waals surface area (Å²) in [7, 11) is 0. The summed E-state index contributed by atoms with van der Waals surface area (Å²) in [6, 6.07) is 64.6. The van der Waals surface area contributed by atoms with Crippen molar-refractivity contribution in [2.24, 2.45) is 0 Å². The fourth-order valence-corrected chi connectivity index (χ4v) is 20.7. The van der Waals surface area contributed by atoms with Crippen LogP contribution in [-0.2, 0) is 0 Å². The molecule has 4 heteroatoms. The zero-order valence-corrected chi connectivity index (χ0v) is 30.9. The van der Waals surface area contributed by atoms with E-state index < -0.39 is 10.6 Å². The molecular weight excluding hydrogens is 726 g/mol. The van der Waals surface area contributed by atoms with Crippen LogP contribution in [0.4, 0.5) is 0 Å². The van der Waals surface area contributed by atoms with E-state index in [0.29, 0.717) is 0 Å². The molecule has 0 fully saturated rings. The zero-order valence-electron chi connectivity index (χ0n) is 26.0. The summed E-state index contributed by atoms with van der Waals surface area (Å²) in [5, 5.41) is 2.51. The molecule has 0 amide bonds. The van der Waals surface area contributed by atoms with Crippen LogP contribution in [0.3, 0.4) is 0 Å². The number of hydrogen-bond donors (Lipinski definition) is 0. The van der Waals surface area contributed by atoms with Gasteiger partial charge in [-0.15, -0.1) is 0 Å². The Hall–Kier alpha value is -3.38. The summed E-state index contributed by atoms with van der Waals surface area (Å²) in [6.07, 6.45) is 5.84. The van der Waals surface area contributed by atoms with Crippen molar-refractivity contribution in [2.45, 2.75) is 0 Å². The molecule has 0 bridgehead atoms. The minimum atomic E-state index is -2.74. The molecule has 0 heterocycles. The van der Waals surface area contributed by atoms with Crippen molar-refractivity contribution in [1.29, 1.82) is 0 Å². The molecule has 0 aliphatic heterocycles. The molecule has 0 saturated heterocycles. The molecule has 0 aliphatic rings. The molecular formula is C42H40Br2P2. The van der Waals surface area contributed by atoms with E-state index in [-0.39, 0.29) is 0 Å². The first-order chi connectivity index (χ1) is 22.4. The van der Waals surface area contributed by atoms with E-state index in [2.05, 4.69) is 226 Å². The molecule has 0 radical (unpaired) electrons. The molecule has 6 aromatic carbocycles. The average Bonchev–Trinajstić information content (AvgIpc) is 3.14. The summed E-state index contributed by atoms with van der Waals surface area (Å²) in [5.41, 5.74) is 0. The Balaban J connectivity index is 0.000000181. The second-order valence-corrected chi connectivity index (χ2v) is 29.3. The van der Waals surface area contributed by atoms with Gasteiger partial charge in [-0.3, -0.25) is 0 Å². The molecule has 0 saturated carbocycles. The molecule has 0 aromatic heterocycles. The fraction of sp³-hybridized carbons (Fsp3) is 0.0476. The van der Waals surface area contributed by atoms with Crippen LogP contribution in [0.2, 0.25) is 0 Å². The van der Waals surface area contributed by atoms with Crippen LogP contribution in [-0.4, -0.2) is 12.3 Å². The Kier molecular flexibility index (Phi) is 10.8. The normalized spacial score (nSPS) is 13.0. The van der Waals surface area contributed by atoms with Gasteiger partial charge in [-0.05, 0) is 0 Å². The van der Waals surface area contributed by atoms with Crippen LogP contribution in [0.5, 0.6) is 0 Å². The van der Waals surface area contributed by atoms with Gasteiger partial charge in [0.15, 0.2) is 0 Å². The van der Waals surface area contributed by atoms with Crippen LogP contribution in [0.25, 0.3) is 0 Å². The Morgan fingerprint density at radius 3 is 0.609 bits per heavy atom. The molecule has 6 aromatic rings.